The van der Waals surface area contributed by atoms with Gasteiger partial charge >= 0.3 is 0 Å². The van der Waals surface area contributed by atoms with Crippen LogP contribution in [0.5, 0.6) is 0 Å². The molecule has 0 spiro atoms. The van der Waals surface area contributed by atoms with E-state index in [1.807, 2.05) is 0 Å². The molecule has 1 aromatic carbocycles. The molecule has 0 saturated carbocycles. The van der Waals surface area contributed by atoms with Crippen molar-refractivity contribution in [2.45, 2.75) is 0 Å². The van der Waals surface area contributed by atoms with Crippen molar-refractivity contribution in [3.8, 4) is 0 Å². The van der Waals surface area contributed by atoms with Gasteiger partial charge < -0.3 is 83.5 Å². The highest BCUT2D eigenvalue weighted by Crippen LogP contribution is 2.18. The highest BCUT2D eigenvalue weighted by Gasteiger charge is 2.27. The van der Waals surface area contributed by atoms with Gasteiger partial charge in [-0.2, -0.15) is 0 Å². The van der Waals surface area contributed by atoms with Crippen LogP contribution < -0.4 is 68.8 Å². The van der Waals surface area contributed by atoms with Crippen LogP contribution in [0, 0.1) is 0 Å². The van der Waals surface area contributed by atoms with Gasteiger partial charge in [0.15, 0.2) is 0 Å². The van der Waals surface area contributed by atoms with Crippen LogP contribution >= 0.6 is 0 Å². The number of carbonyl (C=O) groups excluding carboxylic acids is 3. The maximum Gasteiger partial charge on any atom is 0.253 e. The number of benzene rings is 1. The SMILES string of the molecule is NCCN(CCN)CCN(CCN(CCN)CCN)C(=O)c1cc(C(=O)N(CCN(CCN)CCN)CCN(CCN)CCN)cc(C(=O)N(CCN(CCN)CCN)CCN(CCN)CCN)c1. The van der Waals surface area contributed by atoms with Gasteiger partial charge in [-0.1, -0.05) is 0 Å². The van der Waals surface area contributed by atoms with Crippen LogP contribution in [-0.2, 0) is 0 Å². The minimum Gasteiger partial charge on any atom is -0.336 e. The summed E-state index contributed by atoms with van der Waals surface area (Å²) in [5.41, 5.74) is 72.3. The zero-order valence-electron chi connectivity index (χ0n) is 42.4. The smallest absolute Gasteiger partial charge is 0.253 e. The molecule has 0 bridgehead atoms. The second-order valence-electron chi connectivity index (χ2n) is 17.2. The van der Waals surface area contributed by atoms with Crippen molar-refractivity contribution in [2.24, 2.45) is 68.8 Å². The lowest BCUT2D eigenvalue weighted by atomic mass is 10.0. The maximum atomic E-state index is 15.1. The molecule has 0 aliphatic rings. The predicted octanol–water partition coefficient (Wildman–Crippen LogP) is -7.67. The van der Waals surface area contributed by atoms with Gasteiger partial charge in [-0.25, -0.2) is 0 Å². The topological polar surface area (TPSA) is 393 Å². The summed E-state index contributed by atoms with van der Waals surface area (Å²) in [6, 6.07) is 4.85. The monoisotopic (exact) mass is 982 g/mol. The van der Waals surface area contributed by atoms with Crippen molar-refractivity contribution < 1.29 is 14.4 Å². The number of hydrogen-bond donors (Lipinski definition) is 12. The molecule has 0 aromatic heterocycles. The van der Waals surface area contributed by atoms with Gasteiger partial charge in [-0.15, -0.1) is 0 Å². The molecule has 0 heterocycles. The van der Waals surface area contributed by atoms with Crippen LogP contribution in [0.4, 0.5) is 0 Å². The fraction of sp³-hybridized carbons (Fsp3) is 0.800. The van der Waals surface area contributed by atoms with Crippen LogP contribution in [0.25, 0.3) is 0 Å². The molecule has 69 heavy (non-hydrogen) atoms. The van der Waals surface area contributed by atoms with E-state index in [0.717, 1.165) is 0 Å². The van der Waals surface area contributed by atoms with Crippen molar-refractivity contribution in [3.63, 3.8) is 0 Å². The Labute approximate surface area is 414 Å². The maximum absolute atomic E-state index is 15.1. The third kappa shape index (κ3) is 26.3. The van der Waals surface area contributed by atoms with E-state index >= 15 is 14.4 Å². The molecule has 0 unspecified atom stereocenters. The van der Waals surface area contributed by atoms with Gasteiger partial charge in [0.2, 0.25) is 0 Å². The largest absolute Gasteiger partial charge is 0.336 e. The molecule has 1 rings (SSSR count). The Morgan fingerprint density at radius 3 is 0.478 bits per heavy atom. The van der Waals surface area contributed by atoms with Gasteiger partial charge in [-0.3, -0.25) is 43.8 Å². The predicted molar refractivity (Wildman–Crippen MR) is 281 cm³/mol. The molecule has 0 atom stereocenters. The van der Waals surface area contributed by atoms with Crippen LogP contribution in [0.15, 0.2) is 18.2 Å². The van der Waals surface area contributed by atoms with E-state index in [-0.39, 0.29) is 34.4 Å². The summed E-state index contributed by atoms with van der Waals surface area (Å²) < 4.78 is 0. The number of amides is 3. The Hall–Kier alpha value is -3.09. The summed E-state index contributed by atoms with van der Waals surface area (Å²) >= 11 is 0. The third-order valence-electron chi connectivity index (χ3n) is 12.0. The Morgan fingerprint density at radius 2 is 0.362 bits per heavy atom. The molecule has 24 nitrogen and oxygen atoms in total. The third-order valence-corrected chi connectivity index (χ3v) is 12.0. The summed E-state index contributed by atoms with van der Waals surface area (Å²) in [7, 11) is 0. The highest BCUT2D eigenvalue weighted by molar-refractivity contribution is 6.04. The summed E-state index contributed by atoms with van der Waals surface area (Å²) in [6.07, 6.45) is 0. The molecular weight excluding hydrogens is 883 g/mol. The van der Waals surface area contributed by atoms with Crippen LogP contribution in [0.3, 0.4) is 0 Å². The molecule has 0 saturated heterocycles. The first-order valence-corrected chi connectivity index (χ1v) is 25.3. The highest BCUT2D eigenvalue weighted by atomic mass is 16.2. The second kappa shape index (κ2) is 40.5. The average Bonchev–Trinajstić information content (AvgIpc) is 3.33. The Bertz CT molecular complexity index is 1190. The van der Waals surface area contributed by atoms with Crippen molar-refractivity contribution in [1.82, 2.24) is 44.1 Å². The fourth-order valence-corrected chi connectivity index (χ4v) is 8.27. The number of nitrogens with two attached hydrogens (primary N) is 12. The number of nitrogens with zero attached hydrogens (tertiary/aromatic N) is 9. The number of carbonyl (C=O) groups is 3. The van der Waals surface area contributed by atoms with Crippen LogP contribution in [-0.4, -0.2) is 297 Å². The Balaban J connectivity index is 4.15. The summed E-state index contributed by atoms with van der Waals surface area (Å²) in [4.78, 5) is 63.5. The zero-order valence-corrected chi connectivity index (χ0v) is 42.4. The summed E-state index contributed by atoms with van der Waals surface area (Å²) in [5.74, 6) is -0.997. The summed E-state index contributed by atoms with van der Waals surface area (Å²) in [5, 5.41) is 0. The molecule has 24 heteroatoms. The lowest BCUT2D eigenvalue weighted by Gasteiger charge is -2.32. The van der Waals surface area contributed by atoms with Crippen LogP contribution in [0.2, 0.25) is 0 Å². The lowest BCUT2D eigenvalue weighted by Crippen LogP contribution is -2.47. The van der Waals surface area contributed by atoms with Gasteiger partial charge in [0.05, 0.1) is 0 Å². The molecule has 402 valence electrons. The van der Waals surface area contributed by atoms with Gasteiger partial charge in [-0.05, 0) is 18.2 Å². The van der Waals surface area contributed by atoms with E-state index in [1.165, 1.54) is 0 Å². The first kappa shape index (κ1) is 63.9. The van der Waals surface area contributed by atoms with Crippen molar-refractivity contribution in [1.29, 1.82) is 0 Å². The second-order valence-corrected chi connectivity index (χ2v) is 17.2. The van der Waals surface area contributed by atoms with E-state index in [1.54, 1.807) is 32.9 Å². The van der Waals surface area contributed by atoms with Gasteiger partial charge in [0.1, 0.15) is 0 Å². The van der Waals surface area contributed by atoms with Crippen molar-refractivity contribution >= 4 is 17.7 Å². The molecule has 0 radical (unpaired) electrons. The first-order chi connectivity index (χ1) is 33.5. The molecular formula is C45H99N21O3. The first-order valence-electron chi connectivity index (χ1n) is 25.3. The quantitative estimate of drug-likeness (QED) is 0.0289. The van der Waals surface area contributed by atoms with Gasteiger partial charge in [0.25, 0.3) is 17.7 Å². The average molecular weight is 982 g/mol. The van der Waals surface area contributed by atoms with E-state index in [4.69, 9.17) is 68.8 Å². The molecule has 0 aliphatic carbocycles. The van der Waals surface area contributed by atoms with Crippen molar-refractivity contribution in [2.75, 3.05) is 236 Å². The lowest BCUT2D eigenvalue weighted by molar-refractivity contribution is 0.0712. The number of rotatable bonds is 45. The Morgan fingerprint density at radius 1 is 0.232 bits per heavy atom. The minimum atomic E-state index is -0.332. The van der Waals surface area contributed by atoms with E-state index in [2.05, 4.69) is 29.4 Å². The molecule has 1 aromatic rings. The van der Waals surface area contributed by atoms with E-state index < -0.39 is 0 Å². The Kier molecular flexibility index (Phi) is 37.5. The van der Waals surface area contributed by atoms with Gasteiger partial charge in [0, 0.05) is 252 Å². The minimum absolute atomic E-state index is 0.207. The standard InChI is InChI=1S/C45H99N21O3/c46-1-13-58(14-2-47)25-31-64(32-26-59(15-3-48)16-4-49)43(67)40-37-41(44(68)65(33-27-60(17-5-50)18-6-51)34-28-61(19-7-52)20-8-53)39-42(38-40)45(69)66(35-29-62(21-9-54)22-10-55)36-30-63(23-11-56)24-12-57/h37-39H,1-36,46-57H2. The zero-order chi connectivity index (χ0) is 51.2. The molecule has 24 N–H and O–H groups in total. The summed E-state index contributed by atoms with van der Waals surface area (Å²) in [6.45, 7) is 17.4. The normalized spacial score (nSPS) is 11.9. The fourth-order valence-electron chi connectivity index (χ4n) is 8.27. The molecule has 3 amide bonds. The molecule has 0 fully saturated rings. The van der Waals surface area contributed by atoms with Crippen molar-refractivity contribution in [3.05, 3.63) is 34.9 Å². The number of hydrogen-bond acceptors (Lipinski definition) is 21. The van der Waals surface area contributed by atoms with E-state index in [9.17, 15) is 0 Å². The van der Waals surface area contributed by atoms with E-state index in [0.29, 0.717) is 236 Å². The molecule has 0 aliphatic heterocycles. The van der Waals surface area contributed by atoms with Crippen LogP contribution in [0.1, 0.15) is 31.1 Å².